The molecule has 0 radical (unpaired) electrons. The van der Waals surface area contributed by atoms with E-state index >= 15 is 0 Å². The highest BCUT2D eigenvalue weighted by Crippen LogP contribution is 2.32. The van der Waals surface area contributed by atoms with Crippen LogP contribution in [0.4, 0.5) is 10.8 Å². The van der Waals surface area contributed by atoms with E-state index in [-0.39, 0.29) is 18.3 Å². The maximum absolute atomic E-state index is 13.5. The lowest BCUT2D eigenvalue weighted by Crippen LogP contribution is -2.39. The van der Waals surface area contributed by atoms with Gasteiger partial charge in [0.25, 0.3) is 5.91 Å². The van der Waals surface area contributed by atoms with E-state index in [4.69, 9.17) is 9.72 Å². The van der Waals surface area contributed by atoms with Gasteiger partial charge in [0.1, 0.15) is 0 Å². The quantitative estimate of drug-likeness (QED) is 0.427. The number of halogens is 2. The minimum atomic E-state index is -0.00888. The predicted molar refractivity (Wildman–Crippen MR) is 139 cm³/mol. The fourth-order valence-electron chi connectivity index (χ4n) is 3.62. The van der Waals surface area contributed by atoms with Gasteiger partial charge in [-0.3, -0.25) is 14.6 Å². The average molecular weight is 540 g/mol. The van der Waals surface area contributed by atoms with Crippen LogP contribution in [-0.2, 0) is 4.74 Å². The molecule has 9 heteroatoms. The Morgan fingerprint density at radius 3 is 2.56 bits per heavy atom. The van der Waals surface area contributed by atoms with Crippen molar-refractivity contribution >= 4 is 66.6 Å². The highest BCUT2D eigenvalue weighted by molar-refractivity contribution is 9.10. The zero-order chi connectivity index (χ0) is 21.8. The molecule has 1 aromatic heterocycles. The second kappa shape index (κ2) is 11.4. The van der Waals surface area contributed by atoms with Gasteiger partial charge < -0.3 is 9.64 Å². The summed E-state index contributed by atoms with van der Waals surface area (Å²) in [6, 6.07) is 13.8. The van der Waals surface area contributed by atoms with Crippen molar-refractivity contribution in [2.45, 2.75) is 6.42 Å². The molecule has 0 saturated carbocycles. The molecular weight excluding hydrogens is 512 g/mol. The topological polar surface area (TPSA) is 48.9 Å². The van der Waals surface area contributed by atoms with Crippen molar-refractivity contribution in [3.63, 3.8) is 0 Å². The second-order valence-corrected chi connectivity index (χ2v) is 9.74. The number of anilines is 2. The van der Waals surface area contributed by atoms with Gasteiger partial charge in [-0.25, -0.2) is 4.98 Å². The normalized spacial score (nSPS) is 14.2. The Kier molecular flexibility index (Phi) is 8.90. The van der Waals surface area contributed by atoms with Crippen LogP contribution in [0.1, 0.15) is 16.8 Å². The van der Waals surface area contributed by atoms with Gasteiger partial charge in [0.05, 0.1) is 23.4 Å². The third-order valence-electron chi connectivity index (χ3n) is 5.41. The van der Waals surface area contributed by atoms with Crippen LogP contribution < -0.4 is 9.80 Å². The Balaban J connectivity index is 0.00000289. The number of aromatic nitrogens is 1. The lowest BCUT2D eigenvalue weighted by Gasteiger charge is -2.27. The molecule has 1 fully saturated rings. The maximum atomic E-state index is 13.5. The third kappa shape index (κ3) is 5.99. The molecule has 32 heavy (non-hydrogen) atoms. The molecule has 1 aliphatic rings. The van der Waals surface area contributed by atoms with Gasteiger partial charge in [0.2, 0.25) is 0 Å². The first-order valence-corrected chi connectivity index (χ1v) is 12.1. The van der Waals surface area contributed by atoms with E-state index in [0.717, 1.165) is 64.8 Å². The first kappa shape index (κ1) is 24.9. The number of benzene rings is 2. The summed E-state index contributed by atoms with van der Waals surface area (Å²) in [4.78, 5) is 24.5. The lowest BCUT2D eigenvalue weighted by atomic mass is 10.1. The number of ether oxygens (including phenoxy) is 1. The van der Waals surface area contributed by atoms with Gasteiger partial charge in [-0.05, 0) is 48.9 Å². The van der Waals surface area contributed by atoms with Crippen LogP contribution in [-0.4, -0.2) is 69.3 Å². The van der Waals surface area contributed by atoms with Crippen molar-refractivity contribution in [3.8, 4) is 0 Å². The van der Waals surface area contributed by atoms with Crippen molar-refractivity contribution in [2.75, 3.05) is 63.3 Å². The molecule has 0 N–H and O–H groups in total. The van der Waals surface area contributed by atoms with Crippen LogP contribution in [0.15, 0.2) is 46.9 Å². The van der Waals surface area contributed by atoms with Crippen LogP contribution in [0.5, 0.6) is 0 Å². The zero-order valence-electron chi connectivity index (χ0n) is 18.3. The molecule has 1 aliphatic heterocycles. The Hall–Kier alpha value is -1.71. The molecule has 4 rings (SSSR count). The largest absolute Gasteiger partial charge is 0.379 e. The van der Waals surface area contributed by atoms with Gasteiger partial charge in [-0.15, -0.1) is 12.4 Å². The number of nitrogens with zero attached hydrogens (tertiary/aromatic N) is 4. The van der Waals surface area contributed by atoms with E-state index in [1.807, 2.05) is 60.3 Å². The Morgan fingerprint density at radius 2 is 1.88 bits per heavy atom. The molecule has 0 spiro atoms. The Morgan fingerprint density at radius 1 is 1.16 bits per heavy atom. The molecule has 0 aliphatic carbocycles. The monoisotopic (exact) mass is 538 g/mol. The van der Waals surface area contributed by atoms with Crippen LogP contribution >= 0.6 is 39.7 Å². The minimum absolute atomic E-state index is 0. The number of hydrogen-bond acceptors (Lipinski definition) is 6. The molecule has 2 heterocycles. The van der Waals surface area contributed by atoms with Gasteiger partial charge in [0.15, 0.2) is 5.13 Å². The number of rotatable bonds is 7. The number of amides is 1. The van der Waals surface area contributed by atoms with Crippen molar-refractivity contribution in [3.05, 3.63) is 52.5 Å². The number of hydrogen-bond donors (Lipinski definition) is 0. The summed E-state index contributed by atoms with van der Waals surface area (Å²) in [5.41, 5.74) is 2.66. The Bertz CT molecular complexity index is 1040. The SMILES string of the molecule is CN(C)c1ccc(C(=O)N(CCCN2CCOCC2)c2nc3ccc(Br)cc3s2)cc1.Cl. The fraction of sp³-hybridized carbons (Fsp3) is 0.391. The highest BCUT2D eigenvalue weighted by atomic mass is 79.9. The second-order valence-electron chi connectivity index (χ2n) is 7.81. The summed E-state index contributed by atoms with van der Waals surface area (Å²) in [7, 11) is 3.99. The summed E-state index contributed by atoms with van der Waals surface area (Å²) in [6.45, 7) is 5.06. The summed E-state index contributed by atoms with van der Waals surface area (Å²) >= 11 is 5.09. The third-order valence-corrected chi connectivity index (χ3v) is 6.94. The number of carbonyl (C=O) groups is 1. The van der Waals surface area contributed by atoms with Crippen molar-refractivity contribution < 1.29 is 9.53 Å². The van der Waals surface area contributed by atoms with E-state index in [9.17, 15) is 4.79 Å². The average Bonchev–Trinajstić information content (AvgIpc) is 3.20. The molecular formula is C23H28BrClN4O2S. The highest BCUT2D eigenvalue weighted by Gasteiger charge is 2.22. The molecule has 3 aromatic rings. The predicted octanol–water partition coefficient (Wildman–Crippen LogP) is 4.92. The molecule has 0 bridgehead atoms. The summed E-state index contributed by atoms with van der Waals surface area (Å²) in [6.07, 6.45) is 0.890. The molecule has 172 valence electrons. The lowest BCUT2D eigenvalue weighted by molar-refractivity contribution is 0.0376. The number of carbonyl (C=O) groups excluding carboxylic acids is 1. The van der Waals surface area contributed by atoms with Gasteiger partial charge in [0, 0.05) is 56.0 Å². The van der Waals surface area contributed by atoms with Gasteiger partial charge in [-0.1, -0.05) is 27.3 Å². The molecule has 1 amide bonds. The maximum Gasteiger partial charge on any atom is 0.260 e. The van der Waals surface area contributed by atoms with Crippen LogP contribution in [0, 0.1) is 0 Å². The first-order chi connectivity index (χ1) is 15.0. The molecule has 0 unspecified atom stereocenters. The number of fused-ring (bicyclic) bond motifs is 1. The van der Waals surface area contributed by atoms with E-state index in [2.05, 4.69) is 26.9 Å². The Labute approximate surface area is 207 Å². The number of morpholine rings is 1. The molecule has 1 saturated heterocycles. The molecule has 2 aromatic carbocycles. The molecule has 6 nitrogen and oxygen atoms in total. The van der Waals surface area contributed by atoms with Gasteiger partial charge in [-0.2, -0.15) is 0 Å². The minimum Gasteiger partial charge on any atom is -0.379 e. The van der Waals surface area contributed by atoms with Gasteiger partial charge >= 0.3 is 0 Å². The number of thiazole rings is 1. The zero-order valence-corrected chi connectivity index (χ0v) is 21.5. The van der Waals surface area contributed by atoms with E-state index in [1.54, 1.807) is 11.3 Å². The van der Waals surface area contributed by atoms with E-state index in [0.29, 0.717) is 12.1 Å². The van der Waals surface area contributed by atoms with Crippen LogP contribution in [0.3, 0.4) is 0 Å². The van der Waals surface area contributed by atoms with Crippen LogP contribution in [0.25, 0.3) is 10.2 Å². The molecule has 0 atom stereocenters. The first-order valence-electron chi connectivity index (χ1n) is 10.5. The van der Waals surface area contributed by atoms with Crippen LogP contribution in [0.2, 0.25) is 0 Å². The standard InChI is InChI=1S/C23H27BrN4O2S.ClH/c1-26(2)19-7-4-17(5-8-19)22(29)28(11-3-10-27-12-14-30-15-13-27)23-25-20-9-6-18(24)16-21(20)31-23;/h4-9,16H,3,10-15H2,1-2H3;1H. The fourth-order valence-corrected chi connectivity index (χ4v) is 5.16. The summed E-state index contributed by atoms with van der Waals surface area (Å²) < 4.78 is 7.52. The van der Waals surface area contributed by atoms with Crippen molar-refractivity contribution in [1.82, 2.24) is 9.88 Å². The summed E-state index contributed by atoms with van der Waals surface area (Å²) in [5, 5.41) is 0.747. The van der Waals surface area contributed by atoms with E-state index in [1.165, 1.54) is 0 Å². The van der Waals surface area contributed by atoms with E-state index < -0.39 is 0 Å². The van der Waals surface area contributed by atoms with Crippen molar-refractivity contribution in [1.29, 1.82) is 0 Å². The smallest absolute Gasteiger partial charge is 0.260 e. The summed E-state index contributed by atoms with van der Waals surface area (Å²) in [5.74, 6) is -0.00888. The van der Waals surface area contributed by atoms with Crippen molar-refractivity contribution in [2.24, 2.45) is 0 Å².